The fraction of sp³-hybridized carbons (Fsp3) is 0.474. The first-order chi connectivity index (χ1) is 13.2. The number of fused-ring (bicyclic) bond motifs is 1. The molecule has 27 heavy (non-hydrogen) atoms. The second-order valence-electron chi connectivity index (χ2n) is 6.94. The van der Waals surface area contributed by atoms with Gasteiger partial charge in [0, 0.05) is 44.8 Å². The van der Waals surface area contributed by atoms with E-state index in [0.29, 0.717) is 38.4 Å². The number of nitrogens with zero attached hydrogens (tertiary/aromatic N) is 4. The third-order valence-electron chi connectivity index (χ3n) is 5.35. The first kappa shape index (κ1) is 17.5. The molecule has 0 bridgehead atoms. The summed E-state index contributed by atoms with van der Waals surface area (Å²) in [5.41, 5.74) is 1.92. The van der Waals surface area contributed by atoms with Crippen LogP contribution in [0.25, 0.3) is 10.9 Å². The van der Waals surface area contributed by atoms with Crippen molar-refractivity contribution >= 4 is 28.4 Å². The van der Waals surface area contributed by atoms with E-state index in [1.54, 1.807) is 7.11 Å². The molecular formula is C19H23N5O3. The van der Waals surface area contributed by atoms with Gasteiger partial charge in [0.15, 0.2) is 0 Å². The van der Waals surface area contributed by atoms with Crippen molar-refractivity contribution in [2.45, 2.75) is 12.8 Å². The summed E-state index contributed by atoms with van der Waals surface area (Å²) in [5.74, 6) is 0.675. The molecule has 2 fully saturated rings. The van der Waals surface area contributed by atoms with E-state index in [9.17, 15) is 9.59 Å². The lowest BCUT2D eigenvalue weighted by molar-refractivity contribution is -0.137. The molecule has 2 saturated heterocycles. The third kappa shape index (κ3) is 3.51. The van der Waals surface area contributed by atoms with Crippen molar-refractivity contribution in [1.82, 2.24) is 20.2 Å². The normalized spacial score (nSPS) is 20.5. The number of amides is 2. The van der Waals surface area contributed by atoms with E-state index in [1.807, 2.05) is 23.1 Å². The Morgan fingerprint density at radius 3 is 2.74 bits per heavy atom. The van der Waals surface area contributed by atoms with Gasteiger partial charge in [-0.15, -0.1) is 0 Å². The van der Waals surface area contributed by atoms with E-state index in [-0.39, 0.29) is 17.7 Å². The van der Waals surface area contributed by atoms with Crippen LogP contribution in [-0.2, 0) is 9.59 Å². The quantitative estimate of drug-likeness (QED) is 0.862. The van der Waals surface area contributed by atoms with Crippen LogP contribution in [0, 0.1) is 5.92 Å². The third-order valence-corrected chi connectivity index (χ3v) is 5.35. The van der Waals surface area contributed by atoms with Crippen LogP contribution in [0.1, 0.15) is 12.8 Å². The molecule has 1 atom stereocenters. The van der Waals surface area contributed by atoms with Crippen molar-refractivity contribution in [3.05, 3.63) is 24.5 Å². The SMILES string of the molecule is COc1ncnc2ccc(N3CCN(C(=O)C4CCC(=O)NC4)CC3)cc12. The molecule has 8 nitrogen and oxygen atoms in total. The number of piperazine rings is 1. The van der Waals surface area contributed by atoms with Gasteiger partial charge in [-0.05, 0) is 24.6 Å². The number of aromatic nitrogens is 2. The lowest BCUT2D eigenvalue weighted by Gasteiger charge is -2.38. The van der Waals surface area contributed by atoms with Gasteiger partial charge in [0.2, 0.25) is 17.7 Å². The molecule has 0 radical (unpaired) electrons. The van der Waals surface area contributed by atoms with E-state index in [2.05, 4.69) is 20.2 Å². The summed E-state index contributed by atoms with van der Waals surface area (Å²) in [7, 11) is 1.60. The molecule has 2 amide bonds. The molecule has 1 aromatic heterocycles. The lowest BCUT2D eigenvalue weighted by Crippen LogP contribution is -2.52. The number of methoxy groups -OCH3 is 1. The number of piperidine rings is 1. The first-order valence-electron chi connectivity index (χ1n) is 9.25. The number of hydrogen-bond acceptors (Lipinski definition) is 6. The smallest absolute Gasteiger partial charge is 0.227 e. The maximum absolute atomic E-state index is 12.7. The minimum absolute atomic E-state index is 0.0413. The Balaban J connectivity index is 1.42. The zero-order valence-electron chi connectivity index (χ0n) is 15.4. The molecule has 1 N–H and O–H groups in total. The highest BCUT2D eigenvalue weighted by atomic mass is 16.5. The molecule has 1 aromatic carbocycles. The summed E-state index contributed by atoms with van der Waals surface area (Å²) >= 11 is 0. The monoisotopic (exact) mass is 369 g/mol. The maximum Gasteiger partial charge on any atom is 0.227 e. The topological polar surface area (TPSA) is 87.7 Å². The Morgan fingerprint density at radius 1 is 1.22 bits per heavy atom. The Hall–Kier alpha value is -2.90. The molecule has 8 heteroatoms. The molecule has 2 aromatic rings. The van der Waals surface area contributed by atoms with Gasteiger partial charge in [0.05, 0.1) is 23.9 Å². The fourth-order valence-electron chi connectivity index (χ4n) is 3.77. The second kappa shape index (κ2) is 7.38. The van der Waals surface area contributed by atoms with E-state index in [1.165, 1.54) is 6.33 Å². The number of rotatable bonds is 3. The Kier molecular flexibility index (Phi) is 4.79. The van der Waals surface area contributed by atoms with Crippen LogP contribution in [0.4, 0.5) is 5.69 Å². The van der Waals surface area contributed by atoms with Crippen LogP contribution in [0.3, 0.4) is 0 Å². The van der Waals surface area contributed by atoms with Gasteiger partial charge in [-0.25, -0.2) is 9.97 Å². The predicted molar refractivity (Wildman–Crippen MR) is 101 cm³/mol. The van der Waals surface area contributed by atoms with Gasteiger partial charge in [0.1, 0.15) is 6.33 Å². The van der Waals surface area contributed by atoms with E-state index in [0.717, 1.165) is 29.7 Å². The average Bonchev–Trinajstić information content (AvgIpc) is 2.73. The van der Waals surface area contributed by atoms with E-state index < -0.39 is 0 Å². The van der Waals surface area contributed by atoms with E-state index in [4.69, 9.17) is 4.74 Å². The Bertz CT molecular complexity index is 854. The second-order valence-corrected chi connectivity index (χ2v) is 6.94. The highest BCUT2D eigenvalue weighted by Gasteiger charge is 2.30. The van der Waals surface area contributed by atoms with Crippen molar-refractivity contribution in [2.75, 3.05) is 44.7 Å². The molecule has 142 valence electrons. The van der Waals surface area contributed by atoms with Crippen LogP contribution in [-0.4, -0.2) is 66.5 Å². The van der Waals surface area contributed by atoms with Crippen LogP contribution >= 0.6 is 0 Å². The number of ether oxygens (including phenoxy) is 1. The summed E-state index contributed by atoms with van der Waals surface area (Å²) in [4.78, 5) is 36.6. The van der Waals surface area contributed by atoms with Gasteiger partial charge in [-0.1, -0.05) is 0 Å². The van der Waals surface area contributed by atoms with Crippen molar-refractivity contribution < 1.29 is 14.3 Å². The standard InChI is InChI=1S/C19H23N5O3/c1-27-18-15-10-14(3-4-16(15)21-12-22-18)23-6-8-24(9-7-23)19(26)13-2-5-17(25)20-11-13/h3-4,10,12-13H,2,5-9,11H2,1H3,(H,20,25). The fourth-order valence-corrected chi connectivity index (χ4v) is 3.77. The number of benzene rings is 1. The van der Waals surface area contributed by atoms with Crippen LogP contribution in [0.2, 0.25) is 0 Å². The lowest BCUT2D eigenvalue weighted by atomic mass is 9.97. The van der Waals surface area contributed by atoms with Crippen molar-refractivity contribution in [3.63, 3.8) is 0 Å². The average molecular weight is 369 g/mol. The molecule has 4 rings (SSSR count). The highest BCUT2D eigenvalue weighted by Crippen LogP contribution is 2.27. The Labute approximate surface area is 157 Å². The van der Waals surface area contributed by atoms with Crippen molar-refractivity contribution in [3.8, 4) is 5.88 Å². The molecule has 0 spiro atoms. The zero-order valence-corrected chi connectivity index (χ0v) is 15.4. The minimum Gasteiger partial charge on any atom is -0.480 e. The van der Waals surface area contributed by atoms with Gasteiger partial charge < -0.3 is 19.9 Å². The van der Waals surface area contributed by atoms with Gasteiger partial charge in [-0.2, -0.15) is 0 Å². The summed E-state index contributed by atoms with van der Waals surface area (Å²) < 4.78 is 5.34. The Morgan fingerprint density at radius 2 is 2.04 bits per heavy atom. The molecule has 2 aliphatic heterocycles. The summed E-state index contributed by atoms with van der Waals surface area (Å²) in [5, 5.41) is 3.68. The summed E-state index contributed by atoms with van der Waals surface area (Å²) in [6, 6.07) is 6.06. The number of hydrogen-bond donors (Lipinski definition) is 1. The first-order valence-corrected chi connectivity index (χ1v) is 9.25. The van der Waals surface area contributed by atoms with Crippen LogP contribution < -0.4 is 15.0 Å². The molecule has 2 aliphatic rings. The van der Waals surface area contributed by atoms with Gasteiger partial charge in [-0.3, -0.25) is 9.59 Å². The van der Waals surface area contributed by atoms with E-state index >= 15 is 0 Å². The molecule has 0 saturated carbocycles. The van der Waals surface area contributed by atoms with Crippen molar-refractivity contribution in [2.24, 2.45) is 5.92 Å². The summed E-state index contributed by atoms with van der Waals surface area (Å²) in [6.45, 7) is 3.37. The van der Waals surface area contributed by atoms with Crippen LogP contribution in [0.15, 0.2) is 24.5 Å². The molecule has 3 heterocycles. The largest absolute Gasteiger partial charge is 0.480 e. The number of carbonyl (C=O) groups is 2. The minimum atomic E-state index is -0.0867. The number of carbonyl (C=O) groups excluding carboxylic acids is 2. The zero-order chi connectivity index (χ0) is 18.8. The molecule has 1 unspecified atom stereocenters. The van der Waals surface area contributed by atoms with Crippen LogP contribution in [0.5, 0.6) is 5.88 Å². The molecule has 0 aliphatic carbocycles. The number of anilines is 1. The van der Waals surface area contributed by atoms with Crippen molar-refractivity contribution in [1.29, 1.82) is 0 Å². The maximum atomic E-state index is 12.7. The van der Waals surface area contributed by atoms with Gasteiger partial charge >= 0.3 is 0 Å². The number of nitrogens with one attached hydrogen (secondary N) is 1. The predicted octanol–water partition coefficient (Wildman–Crippen LogP) is 0.813. The van der Waals surface area contributed by atoms with Gasteiger partial charge in [0.25, 0.3) is 0 Å². The highest BCUT2D eigenvalue weighted by molar-refractivity contribution is 5.87. The molecular weight excluding hydrogens is 346 g/mol. The summed E-state index contributed by atoms with van der Waals surface area (Å²) in [6.07, 6.45) is 2.59.